The van der Waals surface area contributed by atoms with Gasteiger partial charge in [0.2, 0.25) is 4.96 Å². The molecule has 0 atom stereocenters. The minimum Gasteiger partial charge on any atom is -0.497 e. The molecular formula is C21H18N4O5S. The molecule has 0 aliphatic carbocycles. The quantitative estimate of drug-likeness (QED) is 0.354. The fourth-order valence-electron chi connectivity index (χ4n) is 2.81. The van der Waals surface area contributed by atoms with E-state index in [4.69, 9.17) is 14.2 Å². The molecule has 0 unspecified atom stereocenters. The van der Waals surface area contributed by atoms with Gasteiger partial charge in [0.15, 0.2) is 0 Å². The predicted octanol–water partition coefficient (Wildman–Crippen LogP) is 4.25. The second kappa shape index (κ2) is 8.84. The average molecular weight is 438 g/mol. The van der Waals surface area contributed by atoms with Gasteiger partial charge in [-0.1, -0.05) is 12.1 Å². The van der Waals surface area contributed by atoms with Crippen molar-refractivity contribution >= 4 is 34.3 Å². The van der Waals surface area contributed by atoms with Gasteiger partial charge in [-0.15, -0.1) is 16.4 Å². The molecule has 31 heavy (non-hydrogen) atoms. The van der Waals surface area contributed by atoms with Gasteiger partial charge >= 0.3 is 6.16 Å². The maximum absolute atomic E-state index is 12.5. The van der Waals surface area contributed by atoms with Crippen molar-refractivity contribution in [2.45, 2.75) is 6.92 Å². The number of methoxy groups -OCH3 is 1. The number of aromatic nitrogens is 3. The van der Waals surface area contributed by atoms with Gasteiger partial charge in [0, 0.05) is 16.5 Å². The molecule has 9 nitrogen and oxygen atoms in total. The number of carbonyl (C=O) groups is 2. The van der Waals surface area contributed by atoms with Gasteiger partial charge in [0.05, 0.1) is 19.4 Å². The minimum absolute atomic E-state index is 0.188. The zero-order valence-electron chi connectivity index (χ0n) is 16.7. The third kappa shape index (κ3) is 4.48. The summed E-state index contributed by atoms with van der Waals surface area (Å²) in [5.41, 5.74) is 2.13. The van der Waals surface area contributed by atoms with Crippen molar-refractivity contribution in [1.82, 2.24) is 14.6 Å². The molecule has 0 radical (unpaired) electrons. The Bertz CT molecular complexity index is 1230. The molecule has 1 N–H and O–H groups in total. The van der Waals surface area contributed by atoms with E-state index in [1.807, 2.05) is 29.6 Å². The van der Waals surface area contributed by atoms with Crippen molar-refractivity contribution < 1.29 is 23.8 Å². The molecule has 4 aromatic rings. The lowest BCUT2D eigenvalue weighted by Gasteiger charge is -2.05. The van der Waals surface area contributed by atoms with Crippen LogP contribution >= 0.6 is 11.3 Å². The number of nitrogens with one attached hydrogen (secondary N) is 1. The molecule has 0 fully saturated rings. The molecule has 0 aliphatic heterocycles. The van der Waals surface area contributed by atoms with Crippen molar-refractivity contribution in [2.75, 3.05) is 19.0 Å². The van der Waals surface area contributed by atoms with Crippen molar-refractivity contribution in [2.24, 2.45) is 0 Å². The molecule has 4 rings (SSSR count). The van der Waals surface area contributed by atoms with Gasteiger partial charge in [-0.2, -0.15) is 4.98 Å². The molecule has 1 amide bonds. The van der Waals surface area contributed by atoms with Gasteiger partial charge < -0.3 is 14.2 Å². The summed E-state index contributed by atoms with van der Waals surface area (Å²) in [6, 6.07) is 13.7. The van der Waals surface area contributed by atoms with Gasteiger partial charge in [0.25, 0.3) is 11.9 Å². The lowest BCUT2D eigenvalue weighted by molar-refractivity contribution is 0.102. The lowest BCUT2D eigenvalue weighted by atomic mass is 10.2. The fourth-order valence-corrected chi connectivity index (χ4v) is 3.64. The Kier molecular flexibility index (Phi) is 5.80. The number of hydrogen-bond donors (Lipinski definition) is 1. The molecule has 0 saturated heterocycles. The van der Waals surface area contributed by atoms with E-state index in [1.165, 1.54) is 35.6 Å². The largest absolute Gasteiger partial charge is 0.513 e. The molecule has 2 aromatic heterocycles. The summed E-state index contributed by atoms with van der Waals surface area (Å²) in [5, 5.41) is 9.03. The summed E-state index contributed by atoms with van der Waals surface area (Å²) < 4.78 is 16.6. The number of thiazole rings is 1. The Morgan fingerprint density at radius 3 is 2.68 bits per heavy atom. The fraction of sp³-hybridized carbons (Fsp3) is 0.143. The van der Waals surface area contributed by atoms with E-state index in [2.05, 4.69) is 15.4 Å². The second-order valence-electron chi connectivity index (χ2n) is 6.25. The Morgan fingerprint density at radius 1 is 1.13 bits per heavy atom. The van der Waals surface area contributed by atoms with Crippen LogP contribution in [0.4, 0.5) is 10.7 Å². The monoisotopic (exact) mass is 438 g/mol. The number of fused-ring (bicyclic) bond motifs is 1. The first-order chi connectivity index (χ1) is 15.1. The van der Waals surface area contributed by atoms with Crippen molar-refractivity contribution in [3.05, 3.63) is 59.5 Å². The van der Waals surface area contributed by atoms with E-state index in [-0.39, 0.29) is 24.2 Å². The lowest BCUT2D eigenvalue weighted by Crippen LogP contribution is -2.13. The Balaban J connectivity index is 1.49. The van der Waals surface area contributed by atoms with E-state index < -0.39 is 6.16 Å². The SMILES string of the molecule is CCOC(=O)Oc1ccc(C(=O)Nc2nc3scc(-c4cccc(OC)c4)n3n2)cc1. The van der Waals surface area contributed by atoms with Crippen LogP contribution in [0.15, 0.2) is 53.9 Å². The normalized spacial score (nSPS) is 10.6. The highest BCUT2D eigenvalue weighted by Gasteiger charge is 2.15. The van der Waals surface area contributed by atoms with E-state index in [1.54, 1.807) is 18.5 Å². The molecule has 158 valence electrons. The van der Waals surface area contributed by atoms with E-state index in [0.717, 1.165) is 17.0 Å². The maximum Gasteiger partial charge on any atom is 0.513 e. The van der Waals surface area contributed by atoms with Crippen LogP contribution in [0.3, 0.4) is 0 Å². The summed E-state index contributed by atoms with van der Waals surface area (Å²) in [6.07, 6.45) is -0.797. The topological polar surface area (TPSA) is 104 Å². The number of carbonyl (C=O) groups excluding carboxylic acids is 2. The summed E-state index contributed by atoms with van der Waals surface area (Å²) in [7, 11) is 1.61. The number of amides is 1. The highest BCUT2D eigenvalue weighted by molar-refractivity contribution is 7.15. The average Bonchev–Trinajstić information content (AvgIpc) is 3.34. The van der Waals surface area contributed by atoms with Crippen LogP contribution in [0.25, 0.3) is 16.2 Å². The summed E-state index contributed by atoms with van der Waals surface area (Å²) >= 11 is 1.41. The Morgan fingerprint density at radius 2 is 1.94 bits per heavy atom. The van der Waals surface area contributed by atoms with Crippen LogP contribution in [-0.4, -0.2) is 40.4 Å². The molecule has 2 heterocycles. The Labute approximate surface area is 181 Å². The molecule has 10 heteroatoms. The predicted molar refractivity (Wildman–Crippen MR) is 115 cm³/mol. The van der Waals surface area contributed by atoms with E-state index in [0.29, 0.717) is 10.5 Å². The minimum atomic E-state index is -0.797. The van der Waals surface area contributed by atoms with Crippen LogP contribution in [-0.2, 0) is 4.74 Å². The highest BCUT2D eigenvalue weighted by Crippen LogP contribution is 2.28. The third-order valence-corrected chi connectivity index (χ3v) is 5.07. The number of benzene rings is 2. The van der Waals surface area contributed by atoms with Crippen LogP contribution in [0.5, 0.6) is 11.5 Å². The zero-order chi connectivity index (χ0) is 21.8. The van der Waals surface area contributed by atoms with Gasteiger partial charge in [-0.3, -0.25) is 10.1 Å². The number of nitrogens with zero attached hydrogens (tertiary/aromatic N) is 3. The van der Waals surface area contributed by atoms with Crippen LogP contribution in [0.1, 0.15) is 17.3 Å². The first-order valence-corrected chi connectivity index (χ1v) is 10.2. The van der Waals surface area contributed by atoms with Crippen molar-refractivity contribution in [1.29, 1.82) is 0 Å². The Hall–Kier alpha value is -3.92. The van der Waals surface area contributed by atoms with Gasteiger partial charge in [0.1, 0.15) is 11.5 Å². The van der Waals surface area contributed by atoms with Crippen molar-refractivity contribution in [3.63, 3.8) is 0 Å². The smallest absolute Gasteiger partial charge is 0.497 e. The number of hydrogen-bond acceptors (Lipinski definition) is 8. The summed E-state index contributed by atoms with van der Waals surface area (Å²) in [4.78, 5) is 28.9. The first kappa shape index (κ1) is 20.4. The van der Waals surface area contributed by atoms with E-state index in [9.17, 15) is 9.59 Å². The van der Waals surface area contributed by atoms with Crippen LogP contribution in [0, 0.1) is 0 Å². The molecule has 0 spiro atoms. The summed E-state index contributed by atoms with van der Waals surface area (Å²) in [5.74, 6) is 0.816. The first-order valence-electron chi connectivity index (χ1n) is 9.32. The second-order valence-corrected chi connectivity index (χ2v) is 7.08. The zero-order valence-corrected chi connectivity index (χ0v) is 17.5. The van der Waals surface area contributed by atoms with Gasteiger partial charge in [-0.25, -0.2) is 9.31 Å². The number of anilines is 1. The molecule has 0 bridgehead atoms. The number of ether oxygens (including phenoxy) is 3. The number of rotatable bonds is 6. The molecule has 2 aromatic carbocycles. The molecular weight excluding hydrogens is 420 g/mol. The molecule has 0 saturated carbocycles. The van der Waals surface area contributed by atoms with Crippen molar-refractivity contribution in [3.8, 4) is 22.8 Å². The van der Waals surface area contributed by atoms with Crippen LogP contribution in [0.2, 0.25) is 0 Å². The van der Waals surface area contributed by atoms with Crippen LogP contribution < -0.4 is 14.8 Å². The molecule has 0 aliphatic rings. The highest BCUT2D eigenvalue weighted by atomic mass is 32.1. The maximum atomic E-state index is 12.5. The van der Waals surface area contributed by atoms with Gasteiger partial charge in [-0.05, 0) is 43.3 Å². The standard InChI is InChI=1S/C21H18N4O5S/c1-3-29-21(27)30-15-9-7-13(8-10-15)18(26)22-19-23-20-25(24-19)17(12-31-20)14-5-4-6-16(11-14)28-2/h4-12H,3H2,1-2H3,(H,22,24,26). The third-order valence-electron chi connectivity index (χ3n) is 4.25. The summed E-state index contributed by atoms with van der Waals surface area (Å²) in [6.45, 7) is 1.90. The van der Waals surface area contributed by atoms with E-state index >= 15 is 0 Å².